The molecule has 3 nitrogen and oxygen atoms in total. The van der Waals surface area contributed by atoms with Crippen molar-refractivity contribution in [1.29, 1.82) is 0 Å². The zero-order valence-electron chi connectivity index (χ0n) is 9.27. The molecule has 0 spiro atoms. The number of aromatic nitrogens is 2. The van der Waals surface area contributed by atoms with Crippen LogP contribution in [0.4, 0.5) is 20.3 Å². The highest BCUT2D eigenvalue weighted by atomic mass is 19.1. The highest BCUT2D eigenvalue weighted by molar-refractivity contribution is 5.59. The summed E-state index contributed by atoms with van der Waals surface area (Å²) in [6, 6.07) is 7.48. The molecule has 17 heavy (non-hydrogen) atoms. The van der Waals surface area contributed by atoms with Gasteiger partial charge in [-0.3, -0.25) is 0 Å². The first-order valence-corrected chi connectivity index (χ1v) is 5.22. The summed E-state index contributed by atoms with van der Waals surface area (Å²) in [4.78, 5) is 8.89. The molecule has 0 N–H and O–H groups in total. The molecule has 88 valence electrons. The van der Waals surface area contributed by atoms with Crippen molar-refractivity contribution in [3.05, 3.63) is 48.4 Å². The van der Waals surface area contributed by atoms with Crippen LogP contribution in [-0.4, -0.2) is 16.5 Å². The van der Waals surface area contributed by atoms with Crippen molar-refractivity contribution in [2.75, 3.05) is 11.4 Å². The zero-order valence-corrected chi connectivity index (χ0v) is 9.27. The lowest BCUT2D eigenvalue weighted by Gasteiger charge is -2.22. The average Bonchev–Trinajstić information content (AvgIpc) is 2.33. The van der Waals surface area contributed by atoms with Crippen LogP contribution in [0.3, 0.4) is 0 Å². The first kappa shape index (κ1) is 11.4. The number of para-hydroxylation sites is 1. The van der Waals surface area contributed by atoms with Crippen LogP contribution in [-0.2, 0) is 0 Å². The summed E-state index contributed by atoms with van der Waals surface area (Å²) in [6.45, 7) is 2.32. The van der Waals surface area contributed by atoms with E-state index in [4.69, 9.17) is 0 Å². The molecule has 0 saturated carbocycles. The van der Waals surface area contributed by atoms with Crippen LogP contribution in [0.1, 0.15) is 6.92 Å². The van der Waals surface area contributed by atoms with E-state index in [0.717, 1.165) is 6.33 Å². The van der Waals surface area contributed by atoms with Crippen molar-refractivity contribution >= 4 is 11.5 Å². The molecule has 1 heterocycles. The Bertz CT molecular complexity index is 517. The van der Waals surface area contributed by atoms with Gasteiger partial charge in [-0.2, -0.15) is 4.39 Å². The first-order valence-electron chi connectivity index (χ1n) is 5.22. The van der Waals surface area contributed by atoms with Gasteiger partial charge in [0.15, 0.2) is 0 Å². The smallest absolute Gasteiger partial charge is 0.218 e. The van der Waals surface area contributed by atoms with Crippen molar-refractivity contribution in [3.8, 4) is 0 Å². The fourth-order valence-corrected chi connectivity index (χ4v) is 1.60. The molecule has 0 aliphatic rings. The summed E-state index contributed by atoms with van der Waals surface area (Å²) in [5, 5.41) is 0. The average molecular weight is 235 g/mol. The molecule has 0 fully saturated rings. The Kier molecular flexibility index (Phi) is 3.27. The normalized spacial score (nSPS) is 10.3. The number of anilines is 2. The lowest BCUT2D eigenvalue weighted by atomic mass is 10.2. The van der Waals surface area contributed by atoms with Gasteiger partial charge in [0.25, 0.3) is 0 Å². The van der Waals surface area contributed by atoms with Crippen molar-refractivity contribution in [1.82, 2.24) is 9.97 Å². The molecule has 1 aromatic carbocycles. The lowest BCUT2D eigenvalue weighted by Crippen LogP contribution is -2.18. The van der Waals surface area contributed by atoms with Gasteiger partial charge in [0.1, 0.15) is 18.0 Å². The van der Waals surface area contributed by atoms with Crippen LogP contribution in [0.2, 0.25) is 0 Å². The van der Waals surface area contributed by atoms with E-state index in [9.17, 15) is 8.78 Å². The topological polar surface area (TPSA) is 29.0 Å². The van der Waals surface area contributed by atoms with Crippen LogP contribution in [0.5, 0.6) is 0 Å². The van der Waals surface area contributed by atoms with Gasteiger partial charge >= 0.3 is 0 Å². The van der Waals surface area contributed by atoms with Gasteiger partial charge in [-0.1, -0.05) is 12.1 Å². The largest absolute Gasteiger partial charge is 0.324 e. The van der Waals surface area contributed by atoms with E-state index in [0.29, 0.717) is 18.1 Å². The quantitative estimate of drug-likeness (QED) is 0.766. The second-order valence-corrected chi connectivity index (χ2v) is 3.39. The third-order valence-electron chi connectivity index (χ3n) is 2.36. The van der Waals surface area contributed by atoms with Crippen LogP contribution >= 0.6 is 0 Å². The maximum absolute atomic E-state index is 13.6. The number of benzene rings is 1. The minimum atomic E-state index is -0.634. The highest BCUT2D eigenvalue weighted by Crippen LogP contribution is 2.25. The summed E-state index contributed by atoms with van der Waals surface area (Å²) in [6.07, 6.45) is 1.12. The fourth-order valence-electron chi connectivity index (χ4n) is 1.60. The molecule has 0 atom stereocenters. The molecule has 0 aliphatic carbocycles. The molecule has 0 unspecified atom stereocenters. The molecule has 0 bridgehead atoms. The van der Waals surface area contributed by atoms with Crippen LogP contribution in [0.15, 0.2) is 36.7 Å². The third kappa shape index (κ3) is 2.38. The van der Waals surface area contributed by atoms with E-state index >= 15 is 0 Å². The van der Waals surface area contributed by atoms with E-state index in [1.807, 2.05) is 6.92 Å². The van der Waals surface area contributed by atoms with Crippen molar-refractivity contribution < 1.29 is 8.78 Å². The van der Waals surface area contributed by atoms with Gasteiger partial charge in [0.2, 0.25) is 5.95 Å². The van der Waals surface area contributed by atoms with Crippen LogP contribution in [0.25, 0.3) is 0 Å². The predicted molar refractivity (Wildman–Crippen MR) is 61.1 cm³/mol. The zero-order chi connectivity index (χ0) is 12.3. The number of halogens is 2. The highest BCUT2D eigenvalue weighted by Gasteiger charge is 2.13. The summed E-state index contributed by atoms with van der Waals surface area (Å²) >= 11 is 0. The second kappa shape index (κ2) is 4.86. The van der Waals surface area contributed by atoms with Crippen molar-refractivity contribution in [2.45, 2.75) is 6.92 Å². The molecule has 1 aromatic heterocycles. The van der Waals surface area contributed by atoms with Crippen LogP contribution in [0, 0.1) is 11.8 Å². The summed E-state index contributed by atoms with van der Waals surface area (Å²) in [7, 11) is 0. The molecule has 0 saturated heterocycles. The van der Waals surface area contributed by atoms with Crippen LogP contribution < -0.4 is 4.90 Å². The summed E-state index contributed by atoms with van der Waals surface area (Å²) < 4.78 is 26.6. The maximum Gasteiger partial charge on any atom is 0.218 e. The standard InChI is InChI=1S/C12H11F2N3/c1-2-17(10-6-4-3-5-9(10)13)12-7-11(14)15-8-16-12/h3-8H,2H2,1H3. The van der Waals surface area contributed by atoms with Crippen molar-refractivity contribution in [3.63, 3.8) is 0 Å². The van der Waals surface area contributed by atoms with E-state index in [1.165, 1.54) is 12.1 Å². The van der Waals surface area contributed by atoms with Gasteiger partial charge in [-0.25, -0.2) is 14.4 Å². The summed E-state index contributed by atoms with van der Waals surface area (Å²) in [5.74, 6) is -0.664. The Balaban J connectivity index is 2.44. The minimum absolute atomic E-state index is 0.338. The Morgan fingerprint density at radius 2 is 1.94 bits per heavy atom. The lowest BCUT2D eigenvalue weighted by molar-refractivity contribution is 0.578. The first-order chi connectivity index (χ1) is 8.22. The number of hydrogen-bond acceptors (Lipinski definition) is 3. The Morgan fingerprint density at radius 3 is 2.59 bits per heavy atom. The van der Waals surface area contributed by atoms with Crippen molar-refractivity contribution in [2.24, 2.45) is 0 Å². The molecular formula is C12H11F2N3. The van der Waals surface area contributed by atoms with Gasteiger partial charge in [0.05, 0.1) is 5.69 Å². The maximum atomic E-state index is 13.6. The van der Waals surface area contributed by atoms with Gasteiger partial charge in [0, 0.05) is 12.6 Å². The monoisotopic (exact) mass is 235 g/mol. The van der Waals surface area contributed by atoms with E-state index in [-0.39, 0.29) is 5.82 Å². The Labute approximate surface area is 97.7 Å². The second-order valence-electron chi connectivity index (χ2n) is 3.39. The third-order valence-corrected chi connectivity index (χ3v) is 2.36. The Morgan fingerprint density at radius 1 is 1.18 bits per heavy atom. The minimum Gasteiger partial charge on any atom is -0.324 e. The van der Waals surface area contributed by atoms with Gasteiger partial charge in [-0.15, -0.1) is 0 Å². The number of nitrogens with zero attached hydrogens (tertiary/aromatic N) is 3. The molecule has 0 radical (unpaired) electrons. The summed E-state index contributed by atoms with van der Waals surface area (Å²) in [5.41, 5.74) is 0.369. The van der Waals surface area contributed by atoms with E-state index < -0.39 is 5.95 Å². The number of hydrogen-bond donors (Lipinski definition) is 0. The van der Waals surface area contributed by atoms with E-state index in [2.05, 4.69) is 9.97 Å². The molecule has 2 rings (SSSR count). The molecule has 5 heteroatoms. The molecule has 2 aromatic rings. The molecule has 0 amide bonds. The SMILES string of the molecule is CCN(c1cc(F)ncn1)c1ccccc1F. The predicted octanol–water partition coefficient (Wildman–Crippen LogP) is 2.91. The van der Waals surface area contributed by atoms with E-state index in [1.54, 1.807) is 23.1 Å². The fraction of sp³-hybridized carbons (Fsp3) is 0.167. The number of rotatable bonds is 3. The van der Waals surface area contributed by atoms with Gasteiger partial charge in [-0.05, 0) is 19.1 Å². The van der Waals surface area contributed by atoms with Gasteiger partial charge < -0.3 is 4.90 Å². The molecule has 0 aliphatic heterocycles. The Hall–Kier alpha value is -2.04. The molecular weight excluding hydrogens is 224 g/mol.